The van der Waals surface area contributed by atoms with Crippen molar-refractivity contribution in [2.45, 2.75) is 19.0 Å². The summed E-state index contributed by atoms with van der Waals surface area (Å²) in [4.78, 5) is 16.3. The minimum Gasteiger partial charge on any atom is -0.497 e. The number of carbonyl (C=O) groups is 1. The molecule has 6 nitrogen and oxygen atoms in total. The lowest BCUT2D eigenvalue weighted by Gasteiger charge is -2.13. The van der Waals surface area contributed by atoms with E-state index in [1.54, 1.807) is 25.3 Å². The van der Waals surface area contributed by atoms with Crippen LogP contribution in [0.15, 0.2) is 53.1 Å². The Morgan fingerprint density at radius 2 is 1.90 bits per heavy atom. The third-order valence-corrected chi connectivity index (χ3v) is 4.30. The summed E-state index contributed by atoms with van der Waals surface area (Å²) in [6, 6.07) is 10.0. The molecule has 1 N–H and O–H groups in total. The number of amides is 1. The third-order valence-electron chi connectivity index (χ3n) is 4.30. The van der Waals surface area contributed by atoms with Crippen molar-refractivity contribution in [3.8, 4) is 22.8 Å². The fourth-order valence-corrected chi connectivity index (χ4v) is 2.82. The van der Waals surface area contributed by atoms with E-state index in [1.165, 1.54) is 31.5 Å². The van der Waals surface area contributed by atoms with Crippen molar-refractivity contribution >= 4 is 11.6 Å². The number of hydrogen-bond acceptors (Lipinski definition) is 5. The van der Waals surface area contributed by atoms with Crippen LogP contribution in [0.25, 0.3) is 11.3 Å². The number of alkyl halides is 3. The molecule has 1 heterocycles. The highest BCUT2D eigenvalue weighted by Gasteiger charge is 2.33. The molecule has 0 aliphatic heterocycles. The van der Waals surface area contributed by atoms with Crippen LogP contribution in [0.5, 0.6) is 11.5 Å². The van der Waals surface area contributed by atoms with Gasteiger partial charge in [0.25, 0.3) is 0 Å². The molecule has 0 radical (unpaired) electrons. The van der Waals surface area contributed by atoms with Crippen LogP contribution in [0.1, 0.15) is 17.9 Å². The van der Waals surface area contributed by atoms with Crippen LogP contribution in [0.4, 0.5) is 18.9 Å². The summed E-state index contributed by atoms with van der Waals surface area (Å²) < 4.78 is 55.2. The topological polar surface area (TPSA) is 73.6 Å². The third kappa shape index (κ3) is 4.91. The van der Waals surface area contributed by atoms with Crippen LogP contribution in [-0.4, -0.2) is 25.1 Å². The Bertz CT molecular complexity index is 1030. The number of rotatable bonds is 7. The monoisotopic (exact) mass is 420 g/mol. The molecule has 0 unspecified atom stereocenters. The number of anilines is 1. The van der Waals surface area contributed by atoms with Crippen molar-refractivity contribution < 1.29 is 31.9 Å². The number of aryl methyl sites for hydroxylation is 1. The molecule has 0 aliphatic rings. The van der Waals surface area contributed by atoms with E-state index in [-0.39, 0.29) is 24.4 Å². The number of oxazole rings is 1. The smallest absolute Gasteiger partial charge is 0.418 e. The lowest BCUT2D eigenvalue weighted by atomic mass is 10.1. The number of ether oxygens (including phenoxy) is 2. The molecule has 0 saturated heterocycles. The summed E-state index contributed by atoms with van der Waals surface area (Å²) in [7, 11) is 3.05. The molecule has 0 aliphatic carbocycles. The van der Waals surface area contributed by atoms with E-state index in [0.29, 0.717) is 22.8 Å². The Labute approximate surface area is 170 Å². The number of hydrogen-bond donors (Lipinski definition) is 1. The van der Waals surface area contributed by atoms with Gasteiger partial charge < -0.3 is 19.2 Å². The zero-order chi connectivity index (χ0) is 21.7. The second-order valence-corrected chi connectivity index (χ2v) is 6.28. The number of carbonyl (C=O) groups excluding carboxylic acids is 1. The molecular formula is C21H19F3N2O4. The first kappa shape index (κ1) is 21.2. The maximum atomic E-state index is 13.0. The highest BCUT2D eigenvalue weighted by Crippen LogP contribution is 2.35. The highest BCUT2D eigenvalue weighted by molar-refractivity contribution is 5.91. The number of methoxy groups -OCH3 is 2. The minimum absolute atomic E-state index is 0.0914. The number of halogens is 3. The molecule has 2 aromatic carbocycles. The van der Waals surface area contributed by atoms with Crippen molar-refractivity contribution in [3.63, 3.8) is 0 Å². The van der Waals surface area contributed by atoms with Crippen LogP contribution in [0.2, 0.25) is 0 Å². The summed E-state index contributed by atoms with van der Waals surface area (Å²) in [5.41, 5.74) is -0.532. The second-order valence-electron chi connectivity index (χ2n) is 6.28. The first-order valence-corrected chi connectivity index (χ1v) is 8.95. The zero-order valence-electron chi connectivity index (χ0n) is 16.2. The number of benzene rings is 2. The van der Waals surface area contributed by atoms with Crippen molar-refractivity contribution in [2.24, 2.45) is 0 Å². The predicted octanol–water partition coefficient (Wildman–Crippen LogP) is 4.95. The number of nitrogens with zero attached hydrogens (tertiary/aromatic N) is 1. The average molecular weight is 420 g/mol. The van der Waals surface area contributed by atoms with E-state index in [9.17, 15) is 18.0 Å². The largest absolute Gasteiger partial charge is 0.497 e. The van der Waals surface area contributed by atoms with Gasteiger partial charge in [0, 0.05) is 18.9 Å². The Morgan fingerprint density at radius 3 is 2.60 bits per heavy atom. The average Bonchev–Trinajstić information content (AvgIpc) is 3.20. The lowest BCUT2D eigenvalue weighted by molar-refractivity contribution is -0.137. The Morgan fingerprint density at radius 1 is 1.13 bits per heavy atom. The highest BCUT2D eigenvalue weighted by atomic mass is 19.4. The van der Waals surface area contributed by atoms with Crippen LogP contribution in [-0.2, 0) is 17.4 Å². The summed E-state index contributed by atoms with van der Waals surface area (Å²) in [6.07, 6.45) is -3.03. The van der Waals surface area contributed by atoms with Gasteiger partial charge in [-0.1, -0.05) is 12.1 Å². The SMILES string of the molecule is COc1ccc(-c2cnc(CCC(=O)Nc3ccccc3C(F)(F)F)o2)c(OC)c1. The zero-order valence-corrected chi connectivity index (χ0v) is 16.2. The molecule has 1 amide bonds. The molecule has 9 heteroatoms. The first-order valence-electron chi connectivity index (χ1n) is 8.95. The summed E-state index contributed by atoms with van der Waals surface area (Å²) >= 11 is 0. The van der Waals surface area contributed by atoms with E-state index in [1.807, 2.05) is 0 Å². The maximum Gasteiger partial charge on any atom is 0.418 e. The molecular weight excluding hydrogens is 401 g/mol. The van der Waals surface area contributed by atoms with Gasteiger partial charge in [0.15, 0.2) is 11.7 Å². The van der Waals surface area contributed by atoms with Crippen molar-refractivity contribution in [1.29, 1.82) is 0 Å². The summed E-state index contributed by atoms with van der Waals surface area (Å²) in [6.45, 7) is 0. The summed E-state index contributed by atoms with van der Waals surface area (Å²) in [5, 5.41) is 2.29. The van der Waals surface area contributed by atoms with Gasteiger partial charge in [-0.25, -0.2) is 4.98 Å². The van der Waals surface area contributed by atoms with E-state index in [2.05, 4.69) is 10.3 Å². The van der Waals surface area contributed by atoms with Gasteiger partial charge in [0.1, 0.15) is 11.5 Å². The number of para-hydroxylation sites is 1. The predicted molar refractivity (Wildman–Crippen MR) is 103 cm³/mol. The van der Waals surface area contributed by atoms with Crippen molar-refractivity contribution in [3.05, 3.63) is 60.1 Å². The molecule has 0 fully saturated rings. The Balaban J connectivity index is 1.66. The maximum absolute atomic E-state index is 13.0. The molecule has 0 spiro atoms. The Hall–Kier alpha value is -3.49. The van der Waals surface area contributed by atoms with E-state index >= 15 is 0 Å². The van der Waals surface area contributed by atoms with Gasteiger partial charge in [-0.2, -0.15) is 13.2 Å². The molecule has 0 saturated carbocycles. The quantitative estimate of drug-likeness (QED) is 0.586. The van der Waals surface area contributed by atoms with Crippen LogP contribution < -0.4 is 14.8 Å². The molecule has 3 aromatic rings. The van der Waals surface area contributed by atoms with E-state index in [0.717, 1.165) is 6.07 Å². The van der Waals surface area contributed by atoms with E-state index in [4.69, 9.17) is 13.9 Å². The molecule has 3 rings (SSSR count). The van der Waals surface area contributed by atoms with Gasteiger partial charge in [0.2, 0.25) is 5.91 Å². The second kappa shape index (κ2) is 8.89. The number of nitrogens with one attached hydrogen (secondary N) is 1. The molecule has 1 aromatic heterocycles. The van der Waals surface area contributed by atoms with E-state index < -0.39 is 17.6 Å². The molecule has 30 heavy (non-hydrogen) atoms. The normalized spacial score (nSPS) is 11.2. The van der Waals surface area contributed by atoms with Crippen LogP contribution in [0, 0.1) is 0 Å². The molecule has 158 valence electrons. The van der Waals surface area contributed by atoms with Gasteiger partial charge in [0.05, 0.1) is 37.2 Å². The molecule has 0 bridgehead atoms. The number of aromatic nitrogens is 1. The lowest BCUT2D eigenvalue weighted by Crippen LogP contribution is -2.16. The fourth-order valence-electron chi connectivity index (χ4n) is 2.82. The summed E-state index contributed by atoms with van der Waals surface area (Å²) in [5.74, 6) is 1.28. The van der Waals surface area contributed by atoms with Gasteiger partial charge in [-0.15, -0.1) is 0 Å². The van der Waals surface area contributed by atoms with Gasteiger partial charge in [-0.05, 0) is 24.3 Å². The fraction of sp³-hybridized carbons (Fsp3) is 0.238. The van der Waals surface area contributed by atoms with Crippen LogP contribution in [0.3, 0.4) is 0 Å². The minimum atomic E-state index is -4.56. The van der Waals surface area contributed by atoms with Crippen molar-refractivity contribution in [2.75, 3.05) is 19.5 Å². The van der Waals surface area contributed by atoms with Gasteiger partial charge in [-0.3, -0.25) is 4.79 Å². The van der Waals surface area contributed by atoms with Crippen LogP contribution >= 0.6 is 0 Å². The Kier molecular flexibility index (Phi) is 6.29. The first-order chi connectivity index (χ1) is 14.3. The standard InChI is InChI=1S/C21H19F3N2O4/c1-28-13-7-8-14(17(11-13)29-2)18-12-25-20(30-18)10-9-19(27)26-16-6-4-3-5-15(16)21(22,23)24/h3-8,11-12H,9-10H2,1-2H3,(H,26,27). The van der Waals surface area contributed by atoms with Gasteiger partial charge >= 0.3 is 6.18 Å². The molecule has 0 atom stereocenters. The van der Waals surface area contributed by atoms with Crippen molar-refractivity contribution in [1.82, 2.24) is 4.98 Å².